The van der Waals surface area contributed by atoms with Crippen LogP contribution in [0.4, 0.5) is 0 Å². The van der Waals surface area contributed by atoms with Crippen molar-refractivity contribution in [2.24, 2.45) is 0 Å². The third-order valence-corrected chi connectivity index (χ3v) is 10.7. The number of nitrogens with zero attached hydrogens (tertiary/aromatic N) is 3. The summed E-state index contributed by atoms with van der Waals surface area (Å²) < 4.78 is 30.5. The second-order valence-electron chi connectivity index (χ2n) is 9.19. The third-order valence-electron chi connectivity index (χ3n) is 5.43. The average Bonchev–Trinajstić information content (AvgIpc) is 3.12. The quantitative estimate of drug-likeness (QED) is 0.588. The van der Waals surface area contributed by atoms with Gasteiger partial charge in [0.25, 0.3) is 0 Å². The van der Waals surface area contributed by atoms with Crippen molar-refractivity contribution in [2.75, 3.05) is 40.3 Å². The Morgan fingerprint density at radius 3 is 2.04 bits per heavy atom. The van der Waals surface area contributed by atoms with Gasteiger partial charge in [0.15, 0.2) is 0 Å². The molecular weight excluding hydrogens is 476 g/mol. The van der Waals surface area contributed by atoms with Crippen LogP contribution in [0.5, 0.6) is 0 Å². The molecule has 8 heteroatoms. The molecule has 0 radical (unpaired) electrons. The third kappa shape index (κ3) is 4.92. The number of rotatable bonds is 4. The van der Waals surface area contributed by atoms with Crippen LogP contribution in [0, 0.1) is 6.92 Å². The predicted molar refractivity (Wildman–Crippen MR) is 120 cm³/mol. The van der Waals surface area contributed by atoms with Crippen molar-refractivity contribution in [3.63, 3.8) is 0 Å². The Labute approximate surface area is 175 Å². The van der Waals surface area contributed by atoms with Crippen molar-refractivity contribution < 1.29 is 8.42 Å². The summed E-state index contributed by atoms with van der Waals surface area (Å²) in [6.07, 6.45) is 0. The van der Waals surface area contributed by atoms with E-state index in [4.69, 9.17) is 0 Å². The molecule has 28 heavy (non-hydrogen) atoms. The molecular formula is C20H32BN3O2SSn. The molecule has 2 fully saturated rings. The Morgan fingerprint density at radius 2 is 1.50 bits per heavy atom. The minimum atomic E-state index is -3.49. The van der Waals surface area contributed by atoms with E-state index in [2.05, 4.69) is 48.6 Å². The summed E-state index contributed by atoms with van der Waals surface area (Å²) in [5.74, 6) is 2.28. The van der Waals surface area contributed by atoms with Gasteiger partial charge in [-0.15, -0.1) is 0 Å². The molecule has 0 unspecified atom stereocenters. The van der Waals surface area contributed by atoms with Crippen LogP contribution >= 0.6 is 0 Å². The molecule has 2 aliphatic heterocycles. The van der Waals surface area contributed by atoms with Gasteiger partial charge in [-0.25, -0.2) is 0 Å². The summed E-state index contributed by atoms with van der Waals surface area (Å²) in [6, 6.07) is 7.17. The average molecular weight is 508 g/mol. The van der Waals surface area contributed by atoms with Gasteiger partial charge in [-0.2, -0.15) is 0 Å². The van der Waals surface area contributed by atoms with Crippen LogP contribution in [-0.4, -0.2) is 88.0 Å². The van der Waals surface area contributed by atoms with Gasteiger partial charge in [-0.1, -0.05) is 0 Å². The Hall–Kier alpha value is -0.606. The molecule has 0 bridgehead atoms. The van der Waals surface area contributed by atoms with Gasteiger partial charge < -0.3 is 0 Å². The van der Waals surface area contributed by atoms with Crippen molar-refractivity contribution >= 4 is 35.4 Å². The van der Waals surface area contributed by atoms with Gasteiger partial charge in [-0.3, -0.25) is 0 Å². The van der Waals surface area contributed by atoms with Crippen LogP contribution in [0.15, 0.2) is 50.4 Å². The molecule has 0 spiro atoms. The maximum absolute atomic E-state index is 13.2. The normalized spacial score (nSPS) is 23.4. The predicted octanol–water partition coefficient (Wildman–Crippen LogP) is 2.63. The van der Waals surface area contributed by atoms with Crippen LogP contribution in [0.2, 0.25) is 14.8 Å². The number of likely N-dealkylation sites (N-methyl/N-ethyl adjacent to an activating group) is 2. The molecule has 1 aromatic carbocycles. The fourth-order valence-corrected chi connectivity index (χ4v) is 9.01. The molecule has 0 atom stereocenters. The van der Waals surface area contributed by atoms with E-state index < -0.39 is 28.4 Å². The van der Waals surface area contributed by atoms with Crippen molar-refractivity contribution in [3.05, 3.63) is 51.0 Å². The van der Waals surface area contributed by atoms with Gasteiger partial charge in [0.1, 0.15) is 0 Å². The zero-order chi connectivity index (χ0) is 20.7. The van der Waals surface area contributed by atoms with E-state index in [9.17, 15) is 8.42 Å². The molecule has 2 heterocycles. The summed E-state index contributed by atoms with van der Waals surface area (Å²) in [6.45, 7) is 5.22. The zero-order valence-corrected chi connectivity index (χ0v) is 21.6. The topological polar surface area (TPSA) is 43.9 Å². The molecule has 2 aliphatic rings. The van der Waals surface area contributed by atoms with E-state index in [1.807, 2.05) is 19.1 Å². The molecule has 0 saturated carbocycles. The number of hydrogen-bond acceptors (Lipinski definition) is 4. The standard InChI is InChI=1S/C17H23BN3O2S.3CH3.Sn/c1-14-5-7-17(8-6-14)24(22,23)21-12-15(2)16(13-21)11-18-19(3)9-10-20(18)4;;;;/h2,5-8,11H,9-10,12-13H2,1,3-4H3;3*1H3;/b15-2?,16-11-;;;;. The maximum atomic E-state index is 13.2. The van der Waals surface area contributed by atoms with E-state index in [0.29, 0.717) is 18.0 Å². The van der Waals surface area contributed by atoms with E-state index >= 15 is 0 Å². The van der Waals surface area contributed by atoms with Crippen LogP contribution in [0.3, 0.4) is 0 Å². The molecule has 152 valence electrons. The van der Waals surface area contributed by atoms with E-state index in [1.165, 1.54) is 11.1 Å². The first-order valence-corrected chi connectivity index (χ1v) is 21.5. The Kier molecular flexibility index (Phi) is 6.52. The van der Waals surface area contributed by atoms with Crippen LogP contribution < -0.4 is 0 Å². The van der Waals surface area contributed by atoms with Crippen molar-refractivity contribution in [2.45, 2.75) is 26.6 Å². The summed E-state index contributed by atoms with van der Waals surface area (Å²) in [4.78, 5) is 12.1. The first-order chi connectivity index (χ1) is 13.0. The fraction of sp³-hybridized carbons (Fsp3) is 0.500. The van der Waals surface area contributed by atoms with Crippen LogP contribution in [0.1, 0.15) is 5.56 Å². The van der Waals surface area contributed by atoms with E-state index in [1.54, 1.807) is 16.4 Å². The molecule has 2 saturated heterocycles. The molecule has 0 aliphatic carbocycles. The van der Waals surface area contributed by atoms with Gasteiger partial charge in [0.2, 0.25) is 0 Å². The molecule has 0 aromatic heterocycles. The minimum absolute atomic E-state index is 0.232. The zero-order valence-electron chi connectivity index (χ0n) is 17.9. The summed E-state index contributed by atoms with van der Waals surface area (Å²) >= 11 is -2.23. The molecule has 0 amide bonds. The SMILES string of the molecule is Cc1ccc(S(=O)(=O)N2CC(=C/B3N(C)CCN3C)/C(=[CH]\[Sn]([CH3])([CH3])[CH3])C2)cc1. The molecule has 5 nitrogen and oxygen atoms in total. The van der Waals surface area contributed by atoms with Gasteiger partial charge in [-0.05, 0) is 0 Å². The Bertz CT molecular complexity index is 881. The first kappa shape index (κ1) is 22.1. The van der Waals surface area contributed by atoms with E-state index in [-0.39, 0.29) is 6.98 Å². The van der Waals surface area contributed by atoms with Crippen molar-refractivity contribution in [1.29, 1.82) is 0 Å². The second-order valence-corrected chi connectivity index (χ2v) is 25.5. The monoisotopic (exact) mass is 509 g/mol. The van der Waals surface area contributed by atoms with Crippen LogP contribution in [0.25, 0.3) is 0 Å². The van der Waals surface area contributed by atoms with Gasteiger partial charge in [0, 0.05) is 0 Å². The van der Waals surface area contributed by atoms with Gasteiger partial charge in [0.05, 0.1) is 0 Å². The number of benzene rings is 1. The summed E-state index contributed by atoms with van der Waals surface area (Å²) in [5.41, 5.74) is 3.45. The molecule has 0 N–H and O–H groups in total. The Balaban J connectivity index is 1.96. The number of hydrogen-bond donors (Lipinski definition) is 0. The van der Waals surface area contributed by atoms with E-state index in [0.717, 1.165) is 18.7 Å². The van der Waals surface area contributed by atoms with Crippen molar-refractivity contribution in [1.82, 2.24) is 13.9 Å². The summed E-state index contributed by atoms with van der Waals surface area (Å²) in [5, 5.41) is 0. The Morgan fingerprint density at radius 1 is 0.964 bits per heavy atom. The fourth-order valence-electron chi connectivity index (χ4n) is 3.84. The molecule has 1 aromatic rings. The first-order valence-electron chi connectivity index (χ1n) is 9.87. The van der Waals surface area contributed by atoms with Crippen LogP contribution in [-0.2, 0) is 10.0 Å². The molecule has 3 rings (SSSR count). The van der Waals surface area contributed by atoms with Crippen molar-refractivity contribution in [3.8, 4) is 0 Å². The second kappa shape index (κ2) is 8.26. The number of aryl methyl sites for hydroxylation is 1. The number of sulfonamides is 1. The van der Waals surface area contributed by atoms with Gasteiger partial charge >= 0.3 is 176 Å². The summed E-state index contributed by atoms with van der Waals surface area (Å²) in [7, 11) is 0.775.